The van der Waals surface area contributed by atoms with Crippen molar-refractivity contribution in [2.75, 3.05) is 44.3 Å². The fraction of sp³-hybridized carbons (Fsp3) is 0.529. The summed E-state index contributed by atoms with van der Waals surface area (Å²) in [6, 6.07) is 1.72. The van der Waals surface area contributed by atoms with Gasteiger partial charge in [-0.2, -0.15) is 5.10 Å². The summed E-state index contributed by atoms with van der Waals surface area (Å²) in [6.07, 6.45) is 8.79. The third-order valence-corrected chi connectivity index (χ3v) is 4.99. The third-order valence-electron chi connectivity index (χ3n) is 4.99. The zero-order chi connectivity index (χ0) is 17.1. The Kier molecular flexibility index (Phi) is 4.35. The van der Waals surface area contributed by atoms with Crippen LogP contribution >= 0.6 is 0 Å². The lowest BCUT2D eigenvalue weighted by molar-refractivity contribution is 0.0133. The molecular formula is C17H22N6O2. The maximum absolute atomic E-state index is 12.7. The first kappa shape index (κ1) is 16.0. The number of hydrogen-bond acceptors (Lipinski definition) is 6. The van der Waals surface area contributed by atoms with E-state index in [1.54, 1.807) is 30.9 Å². The van der Waals surface area contributed by atoms with Crippen LogP contribution in [-0.4, -0.2) is 70.4 Å². The Bertz CT molecular complexity index is 707. The van der Waals surface area contributed by atoms with Gasteiger partial charge in [0.05, 0.1) is 19.4 Å². The summed E-state index contributed by atoms with van der Waals surface area (Å²) in [5.41, 5.74) is 0.458. The Morgan fingerprint density at radius 2 is 2.20 bits per heavy atom. The summed E-state index contributed by atoms with van der Waals surface area (Å²) < 4.78 is 5.91. The van der Waals surface area contributed by atoms with Gasteiger partial charge in [0.25, 0.3) is 5.91 Å². The van der Waals surface area contributed by atoms with Crippen molar-refractivity contribution in [3.8, 4) is 0 Å². The van der Waals surface area contributed by atoms with E-state index in [0.29, 0.717) is 25.5 Å². The minimum atomic E-state index is -0.0814. The summed E-state index contributed by atoms with van der Waals surface area (Å²) in [6.45, 7) is 4.38. The molecular weight excluding hydrogens is 320 g/mol. The number of aromatic nitrogens is 4. The second-order valence-corrected chi connectivity index (χ2v) is 6.84. The molecule has 1 unspecified atom stereocenters. The normalized spacial score (nSPS) is 24.3. The molecule has 8 heteroatoms. The lowest BCUT2D eigenvalue weighted by Gasteiger charge is -2.43. The van der Waals surface area contributed by atoms with E-state index in [1.807, 2.05) is 4.90 Å². The van der Waals surface area contributed by atoms with Crippen molar-refractivity contribution in [2.24, 2.45) is 5.41 Å². The number of carbonyl (C=O) groups excluding carboxylic acids is 1. The highest BCUT2D eigenvalue weighted by Gasteiger charge is 2.41. The maximum atomic E-state index is 12.7. The number of likely N-dealkylation sites (tertiary alicyclic amines) is 1. The molecule has 0 aromatic carbocycles. The van der Waals surface area contributed by atoms with Gasteiger partial charge in [-0.05, 0) is 18.9 Å². The Hall–Kier alpha value is -2.48. The van der Waals surface area contributed by atoms with Gasteiger partial charge in [-0.25, -0.2) is 4.98 Å². The van der Waals surface area contributed by atoms with Gasteiger partial charge < -0.3 is 14.5 Å². The van der Waals surface area contributed by atoms with Gasteiger partial charge in [0.1, 0.15) is 11.5 Å². The maximum Gasteiger partial charge on any atom is 0.271 e. The highest BCUT2D eigenvalue weighted by molar-refractivity contribution is 5.92. The minimum absolute atomic E-state index is 0.00637. The van der Waals surface area contributed by atoms with Crippen molar-refractivity contribution in [3.63, 3.8) is 0 Å². The van der Waals surface area contributed by atoms with Crippen LogP contribution in [0, 0.1) is 5.41 Å². The zero-order valence-electron chi connectivity index (χ0n) is 14.1. The monoisotopic (exact) mass is 342 g/mol. The molecule has 2 aromatic heterocycles. The molecule has 2 saturated heterocycles. The number of anilines is 1. The molecule has 2 fully saturated rings. The van der Waals surface area contributed by atoms with Gasteiger partial charge >= 0.3 is 0 Å². The van der Waals surface area contributed by atoms with E-state index in [4.69, 9.17) is 4.74 Å². The van der Waals surface area contributed by atoms with Crippen molar-refractivity contribution in [2.45, 2.75) is 12.8 Å². The van der Waals surface area contributed by atoms with Crippen LogP contribution in [0.5, 0.6) is 0 Å². The van der Waals surface area contributed by atoms with Crippen LogP contribution in [0.1, 0.15) is 23.3 Å². The molecule has 2 aliphatic rings. The van der Waals surface area contributed by atoms with E-state index >= 15 is 0 Å². The summed E-state index contributed by atoms with van der Waals surface area (Å²) in [5.74, 6) is 0.872. The third kappa shape index (κ3) is 3.34. The van der Waals surface area contributed by atoms with E-state index in [0.717, 1.165) is 38.3 Å². The average molecular weight is 342 g/mol. The predicted molar refractivity (Wildman–Crippen MR) is 91.2 cm³/mol. The van der Waals surface area contributed by atoms with E-state index in [1.165, 1.54) is 0 Å². The zero-order valence-corrected chi connectivity index (χ0v) is 14.1. The molecule has 2 aliphatic heterocycles. The molecule has 4 heterocycles. The lowest BCUT2D eigenvalue weighted by Crippen LogP contribution is -2.52. The van der Waals surface area contributed by atoms with Crippen molar-refractivity contribution in [3.05, 3.63) is 36.5 Å². The van der Waals surface area contributed by atoms with Gasteiger partial charge in [-0.1, -0.05) is 0 Å². The number of nitrogens with one attached hydrogen (secondary N) is 1. The lowest BCUT2D eigenvalue weighted by atomic mass is 9.80. The summed E-state index contributed by atoms with van der Waals surface area (Å²) in [7, 11) is 0. The molecule has 1 N–H and O–H groups in total. The first-order valence-corrected chi connectivity index (χ1v) is 8.63. The second-order valence-electron chi connectivity index (χ2n) is 6.84. The van der Waals surface area contributed by atoms with Crippen LogP contribution in [0.2, 0.25) is 0 Å². The average Bonchev–Trinajstić information content (AvgIpc) is 3.12. The Morgan fingerprint density at radius 1 is 1.24 bits per heavy atom. The van der Waals surface area contributed by atoms with E-state index in [-0.39, 0.29) is 11.3 Å². The molecule has 0 saturated carbocycles. The molecule has 0 aliphatic carbocycles. The molecule has 25 heavy (non-hydrogen) atoms. The number of hydrogen-bond donors (Lipinski definition) is 1. The fourth-order valence-corrected chi connectivity index (χ4v) is 3.82. The molecule has 2 aromatic rings. The smallest absolute Gasteiger partial charge is 0.271 e. The van der Waals surface area contributed by atoms with Crippen LogP contribution in [0.15, 0.2) is 30.9 Å². The highest BCUT2D eigenvalue weighted by Crippen LogP contribution is 2.34. The highest BCUT2D eigenvalue weighted by atomic mass is 16.5. The Labute approximate surface area is 146 Å². The summed E-state index contributed by atoms with van der Waals surface area (Å²) in [4.78, 5) is 25.5. The minimum Gasteiger partial charge on any atom is -0.379 e. The topological polar surface area (TPSA) is 87.2 Å². The largest absolute Gasteiger partial charge is 0.379 e. The van der Waals surface area contributed by atoms with Gasteiger partial charge in [0.15, 0.2) is 0 Å². The number of piperidine rings is 1. The summed E-state index contributed by atoms with van der Waals surface area (Å²) >= 11 is 0. The van der Waals surface area contributed by atoms with Crippen LogP contribution in [0.3, 0.4) is 0 Å². The van der Waals surface area contributed by atoms with Crippen LogP contribution < -0.4 is 4.90 Å². The molecule has 1 atom stereocenters. The van der Waals surface area contributed by atoms with Gasteiger partial charge in [0.2, 0.25) is 0 Å². The van der Waals surface area contributed by atoms with Gasteiger partial charge in [-0.3, -0.25) is 14.9 Å². The number of amides is 1. The molecule has 1 spiro atoms. The molecule has 0 radical (unpaired) electrons. The number of H-pyrrole nitrogens is 1. The van der Waals surface area contributed by atoms with Gasteiger partial charge in [-0.15, -0.1) is 0 Å². The second kappa shape index (κ2) is 6.79. The van der Waals surface area contributed by atoms with Crippen LogP contribution in [0.4, 0.5) is 5.82 Å². The van der Waals surface area contributed by atoms with Crippen LogP contribution in [0.25, 0.3) is 0 Å². The standard InChI is InChI=1S/C17H22N6O2/c24-16(14-2-4-20-21-14)23-7-1-3-17(12-23)11-22(8-9-25-13-17)15-10-18-5-6-19-15/h2,4-6,10H,1,3,7-9,11-13H2,(H,20,21). The van der Waals surface area contributed by atoms with E-state index in [9.17, 15) is 4.79 Å². The van der Waals surface area contributed by atoms with E-state index in [2.05, 4.69) is 25.1 Å². The molecule has 132 valence electrons. The molecule has 0 bridgehead atoms. The first-order valence-electron chi connectivity index (χ1n) is 8.63. The number of nitrogens with zero attached hydrogens (tertiary/aromatic N) is 5. The molecule has 1 amide bonds. The number of carbonyl (C=O) groups is 1. The Balaban J connectivity index is 1.53. The van der Waals surface area contributed by atoms with Gasteiger partial charge in [0, 0.05) is 50.2 Å². The Morgan fingerprint density at radius 3 is 3.00 bits per heavy atom. The number of aromatic amines is 1. The van der Waals surface area contributed by atoms with Crippen molar-refractivity contribution >= 4 is 11.7 Å². The van der Waals surface area contributed by atoms with Crippen molar-refractivity contribution in [1.82, 2.24) is 25.1 Å². The van der Waals surface area contributed by atoms with Crippen molar-refractivity contribution < 1.29 is 9.53 Å². The SMILES string of the molecule is O=C(c1ccn[nH]1)N1CCCC2(COCCN(c3cnccn3)C2)C1. The quantitative estimate of drug-likeness (QED) is 0.875. The first-order chi connectivity index (χ1) is 12.3. The summed E-state index contributed by atoms with van der Waals surface area (Å²) in [5, 5.41) is 6.66. The number of ether oxygens (including phenoxy) is 1. The fourth-order valence-electron chi connectivity index (χ4n) is 3.82. The number of rotatable bonds is 2. The molecule has 4 rings (SSSR count). The molecule has 8 nitrogen and oxygen atoms in total. The predicted octanol–water partition coefficient (Wildman–Crippen LogP) is 0.959. The van der Waals surface area contributed by atoms with Crippen LogP contribution in [-0.2, 0) is 4.74 Å². The van der Waals surface area contributed by atoms with Crippen molar-refractivity contribution in [1.29, 1.82) is 0 Å². The van der Waals surface area contributed by atoms with E-state index < -0.39 is 0 Å².